The van der Waals surface area contributed by atoms with E-state index in [9.17, 15) is 14.4 Å². The number of ether oxygens (including phenoxy) is 1. The number of H-pyrrole nitrogens is 2. The summed E-state index contributed by atoms with van der Waals surface area (Å²) in [6.45, 7) is 1.55. The molecule has 8 nitrogen and oxygen atoms in total. The van der Waals surface area contributed by atoms with Gasteiger partial charge in [-0.25, -0.2) is 4.79 Å². The topological polar surface area (TPSA) is 98.5 Å². The summed E-state index contributed by atoms with van der Waals surface area (Å²) >= 11 is 0. The highest BCUT2D eigenvalue weighted by Gasteiger charge is 2.44. The summed E-state index contributed by atoms with van der Waals surface area (Å²) in [5.41, 5.74) is 5.56. The van der Waals surface area contributed by atoms with Crippen molar-refractivity contribution in [3.8, 4) is 0 Å². The third kappa shape index (κ3) is 4.17. The first-order chi connectivity index (χ1) is 20.5. The second-order valence-corrected chi connectivity index (χ2v) is 11.3. The highest BCUT2D eigenvalue weighted by Crippen LogP contribution is 2.47. The van der Waals surface area contributed by atoms with Gasteiger partial charge in [-0.2, -0.15) is 0 Å². The fourth-order valence-electron chi connectivity index (χ4n) is 7.00. The second kappa shape index (κ2) is 10.2. The maximum absolute atomic E-state index is 13.8. The van der Waals surface area contributed by atoms with Crippen LogP contribution in [0.3, 0.4) is 0 Å². The van der Waals surface area contributed by atoms with Gasteiger partial charge in [-0.1, -0.05) is 36.4 Å². The first-order valence-electron chi connectivity index (χ1n) is 14.4. The molecule has 2 aliphatic rings. The Bertz CT molecular complexity index is 1730. The van der Waals surface area contributed by atoms with Crippen molar-refractivity contribution in [2.24, 2.45) is 5.92 Å². The molecule has 0 saturated carbocycles. The van der Waals surface area contributed by atoms with Gasteiger partial charge in [0.25, 0.3) is 0 Å². The van der Waals surface area contributed by atoms with E-state index in [1.807, 2.05) is 17.0 Å². The number of methoxy groups -OCH3 is 1. The molecule has 7 rings (SSSR count). The summed E-state index contributed by atoms with van der Waals surface area (Å²) < 4.78 is 4.77. The van der Waals surface area contributed by atoms with Crippen LogP contribution in [-0.4, -0.2) is 59.4 Å². The lowest BCUT2D eigenvalue weighted by atomic mass is 9.67. The van der Waals surface area contributed by atoms with Crippen LogP contribution in [0.2, 0.25) is 0 Å². The van der Waals surface area contributed by atoms with E-state index in [-0.39, 0.29) is 23.7 Å². The molecule has 2 N–H and O–H groups in total. The van der Waals surface area contributed by atoms with Crippen molar-refractivity contribution in [1.82, 2.24) is 14.9 Å². The van der Waals surface area contributed by atoms with Crippen LogP contribution in [0.4, 0.5) is 5.69 Å². The molecule has 2 aliphatic heterocycles. The van der Waals surface area contributed by atoms with E-state index in [1.165, 1.54) is 29.0 Å². The molecule has 0 radical (unpaired) electrons. The highest BCUT2D eigenvalue weighted by atomic mass is 16.5. The lowest BCUT2D eigenvalue weighted by Gasteiger charge is -2.43. The van der Waals surface area contributed by atoms with Gasteiger partial charge in [-0.15, -0.1) is 0 Å². The zero-order chi connectivity index (χ0) is 28.8. The molecule has 212 valence electrons. The average molecular weight is 561 g/mol. The summed E-state index contributed by atoms with van der Waals surface area (Å²) in [6.07, 6.45) is 6.03. The second-order valence-electron chi connectivity index (χ2n) is 11.3. The van der Waals surface area contributed by atoms with Gasteiger partial charge in [-0.3, -0.25) is 9.59 Å². The first-order valence-corrected chi connectivity index (χ1v) is 14.4. The molecule has 0 aliphatic carbocycles. The number of carbonyl (C=O) groups is 3. The van der Waals surface area contributed by atoms with Crippen LogP contribution in [0.5, 0.6) is 0 Å². The number of likely N-dealkylation sites (tertiary alicyclic amines) is 1. The minimum absolute atomic E-state index is 0.0310. The number of fused-ring (bicyclic) bond motifs is 2. The van der Waals surface area contributed by atoms with Crippen LogP contribution in [0.1, 0.15) is 40.7 Å². The number of aromatic amines is 2. The van der Waals surface area contributed by atoms with E-state index < -0.39 is 11.9 Å². The molecule has 0 bridgehead atoms. The predicted octanol–water partition coefficient (Wildman–Crippen LogP) is 5.40. The zero-order valence-corrected chi connectivity index (χ0v) is 23.4. The number of nitrogens with one attached hydrogen (secondary N) is 2. The minimum atomic E-state index is -0.427. The third-order valence-electron chi connectivity index (χ3n) is 9.21. The molecule has 2 amide bonds. The smallest absolute Gasteiger partial charge is 0.337 e. The molecule has 2 fully saturated rings. The molecule has 4 heterocycles. The number of para-hydroxylation sites is 2. The Labute approximate surface area is 243 Å². The molecule has 1 atom stereocenters. The van der Waals surface area contributed by atoms with Gasteiger partial charge in [0, 0.05) is 71.4 Å². The molecular weight excluding hydrogens is 528 g/mol. The molecule has 42 heavy (non-hydrogen) atoms. The lowest BCUT2D eigenvalue weighted by molar-refractivity contribution is -0.137. The van der Waals surface area contributed by atoms with Crippen molar-refractivity contribution in [3.63, 3.8) is 0 Å². The first kappa shape index (κ1) is 26.1. The normalized spacial score (nSPS) is 18.6. The Morgan fingerprint density at radius 1 is 0.833 bits per heavy atom. The SMILES string of the molecule is COC(=O)c1ccc(N2C[C@@H](C(=O)N3CCC(c4c[nH]c5ccccc45)(c4c[nH]c5ccccc45)CC3)CC2=O)cc1. The van der Waals surface area contributed by atoms with Crippen molar-refractivity contribution >= 4 is 45.3 Å². The van der Waals surface area contributed by atoms with Gasteiger partial charge >= 0.3 is 5.97 Å². The molecule has 0 spiro atoms. The Hall–Kier alpha value is -4.85. The largest absolute Gasteiger partial charge is 0.465 e. The van der Waals surface area contributed by atoms with Crippen molar-refractivity contribution in [2.45, 2.75) is 24.7 Å². The molecule has 3 aromatic carbocycles. The standard InChI is InChI=1S/C34H32N4O4/c1-42-33(41)22-10-12-24(13-11-22)38-21-23(18-31(38)39)32(40)37-16-14-34(15-17-37,27-19-35-29-8-4-2-6-25(27)29)28-20-36-30-9-5-3-7-26(28)30/h2-13,19-20,23,35-36H,14-18,21H2,1H3/t23-/m0/s1. The van der Waals surface area contributed by atoms with Crippen LogP contribution < -0.4 is 4.90 Å². The summed E-state index contributed by atoms with van der Waals surface area (Å²) in [5.74, 6) is -0.873. The molecule has 8 heteroatoms. The Kier molecular flexibility index (Phi) is 6.34. The number of hydrogen-bond donors (Lipinski definition) is 2. The van der Waals surface area contributed by atoms with Crippen molar-refractivity contribution in [3.05, 3.63) is 102 Å². The van der Waals surface area contributed by atoms with E-state index >= 15 is 0 Å². The number of anilines is 1. The van der Waals surface area contributed by atoms with E-state index in [4.69, 9.17) is 4.74 Å². The highest BCUT2D eigenvalue weighted by molar-refractivity contribution is 6.01. The minimum Gasteiger partial charge on any atom is -0.465 e. The monoisotopic (exact) mass is 560 g/mol. The van der Waals surface area contributed by atoms with Gasteiger partial charge in [0.2, 0.25) is 11.8 Å². The summed E-state index contributed by atoms with van der Waals surface area (Å²) in [6, 6.07) is 23.5. The number of hydrogen-bond acceptors (Lipinski definition) is 4. The van der Waals surface area contributed by atoms with Crippen molar-refractivity contribution in [1.29, 1.82) is 0 Å². The van der Waals surface area contributed by atoms with Crippen LogP contribution in [0.15, 0.2) is 85.2 Å². The van der Waals surface area contributed by atoms with E-state index in [1.54, 1.807) is 29.2 Å². The van der Waals surface area contributed by atoms with E-state index in [0.717, 1.165) is 23.9 Å². The van der Waals surface area contributed by atoms with E-state index in [2.05, 4.69) is 58.8 Å². The fraction of sp³-hybridized carbons (Fsp3) is 0.265. The maximum Gasteiger partial charge on any atom is 0.337 e. The zero-order valence-electron chi connectivity index (χ0n) is 23.4. The summed E-state index contributed by atoms with van der Waals surface area (Å²) in [5, 5.41) is 2.41. The predicted molar refractivity (Wildman–Crippen MR) is 161 cm³/mol. The number of benzene rings is 3. The van der Waals surface area contributed by atoms with Gasteiger partial charge < -0.3 is 24.5 Å². The number of amides is 2. The summed E-state index contributed by atoms with van der Waals surface area (Å²) in [4.78, 5) is 49.1. The third-order valence-corrected chi connectivity index (χ3v) is 9.21. The number of rotatable bonds is 5. The molecule has 5 aromatic rings. The maximum atomic E-state index is 13.8. The van der Waals surface area contributed by atoms with Gasteiger partial charge in [0.1, 0.15) is 0 Å². The molecule has 2 saturated heterocycles. The van der Waals surface area contributed by atoms with Crippen LogP contribution in [0, 0.1) is 5.92 Å². The van der Waals surface area contributed by atoms with Crippen LogP contribution >= 0.6 is 0 Å². The number of carbonyl (C=O) groups excluding carboxylic acids is 3. The number of piperidine rings is 1. The summed E-state index contributed by atoms with van der Waals surface area (Å²) in [7, 11) is 1.34. The van der Waals surface area contributed by atoms with Crippen LogP contribution in [-0.2, 0) is 19.7 Å². The molecular formula is C34H32N4O4. The number of esters is 1. The Morgan fingerprint density at radius 3 is 1.98 bits per heavy atom. The lowest BCUT2D eigenvalue weighted by Crippen LogP contribution is -2.47. The Balaban J connectivity index is 1.14. The van der Waals surface area contributed by atoms with Gasteiger partial charge in [0.05, 0.1) is 18.6 Å². The average Bonchev–Trinajstić information content (AvgIpc) is 3.77. The van der Waals surface area contributed by atoms with Gasteiger partial charge in [0.15, 0.2) is 0 Å². The molecule has 2 aromatic heterocycles. The Morgan fingerprint density at radius 2 is 1.40 bits per heavy atom. The fourth-order valence-corrected chi connectivity index (χ4v) is 7.00. The number of nitrogens with zero attached hydrogens (tertiary/aromatic N) is 2. The van der Waals surface area contributed by atoms with E-state index in [0.29, 0.717) is 30.9 Å². The number of aromatic nitrogens is 2. The van der Waals surface area contributed by atoms with Crippen molar-refractivity contribution < 1.29 is 19.1 Å². The molecule has 0 unspecified atom stereocenters. The van der Waals surface area contributed by atoms with Gasteiger partial charge in [-0.05, 0) is 60.4 Å². The van der Waals surface area contributed by atoms with Crippen LogP contribution in [0.25, 0.3) is 21.8 Å². The quantitative estimate of drug-likeness (QED) is 0.281. The van der Waals surface area contributed by atoms with Crippen molar-refractivity contribution in [2.75, 3.05) is 31.6 Å².